The van der Waals surface area contributed by atoms with Crippen molar-refractivity contribution < 1.29 is 9.59 Å². The Morgan fingerprint density at radius 3 is 2.80 bits per heavy atom. The van der Waals surface area contributed by atoms with Gasteiger partial charge in [-0.05, 0) is 17.7 Å². The first-order valence-corrected chi connectivity index (χ1v) is 7.32. The zero-order chi connectivity index (χ0) is 14.5. The van der Waals surface area contributed by atoms with Gasteiger partial charge in [0, 0.05) is 19.2 Å². The molecule has 0 bridgehead atoms. The van der Waals surface area contributed by atoms with Crippen molar-refractivity contribution >= 4 is 29.3 Å². The maximum absolute atomic E-state index is 11.8. The van der Waals surface area contributed by atoms with Gasteiger partial charge < -0.3 is 10.2 Å². The fourth-order valence-electron chi connectivity index (χ4n) is 2.08. The molecule has 1 atom stereocenters. The average molecular weight is 289 g/mol. The van der Waals surface area contributed by atoms with E-state index in [0.717, 1.165) is 11.3 Å². The summed E-state index contributed by atoms with van der Waals surface area (Å²) in [6, 6.07) is 9.52. The molecule has 1 aromatic rings. The van der Waals surface area contributed by atoms with Gasteiger partial charge in [-0.1, -0.05) is 12.1 Å². The summed E-state index contributed by atoms with van der Waals surface area (Å²) in [6.45, 7) is 1.92. The van der Waals surface area contributed by atoms with Crippen LogP contribution in [0.4, 0.5) is 5.69 Å². The quantitative estimate of drug-likeness (QED) is 0.921. The van der Waals surface area contributed by atoms with Crippen LogP contribution in [0.3, 0.4) is 0 Å². The van der Waals surface area contributed by atoms with E-state index in [2.05, 4.69) is 11.4 Å². The molecule has 1 heterocycles. The summed E-state index contributed by atoms with van der Waals surface area (Å²) in [5.41, 5.74) is 1.74. The van der Waals surface area contributed by atoms with Gasteiger partial charge in [-0.3, -0.25) is 9.59 Å². The van der Waals surface area contributed by atoms with E-state index in [1.807, 2.05) is 24.3 Å². The summed E-state index contributed by atoms with van der Waals surface area (Å²) in [4.78, 5) is 24.5. The molecular formula is C14H15N3O2S. The van der Waals surface area contributed by atoms with Crippen molar-refractivity contribution in [3.63, 3.8) is 0 Å². The van der Waals surface area contributed by atoms with Crippen molar-refractivity contribution in [3.8, 4) is 6.07 Å². The molecule has 6 heteroatoms. The highest BCUT2D eigenvalue weighted by molar-refractivity contribution is 8.00. The Morgan fingerprint density at radius 2 is 2.20 bits per heavy atom. The molecule has 1 N–H and O–H groups in total. The maximum atomic E-state index is 11.8. The van der Waals surface area contributed by atoms with E-state index in [1.165, 1.54) is 6.92 Å². The zero-order valence-electron chi connectivity index (χ0n) is 11.1. The normalized spacial score (nSPS) is 17.9. The molecule has 20 heavy (non-hydrogen) atoms. The molecule has 1 unspecified atom stereocenters. The van der Waals surface area contributed by atoms with Crippen LogP contribution in [-0.4, -0.2) is 29.0 Å². The number of carbonyl (C=O) groups excluding carboxylic acids is 2. The second-order valence-electron chi connectivity index (χ2n) is 4.46. The van der Waals surface area contributed by atoms with Crippen LogP contribution in [0.5, 0.6) is 0 Å². The number of hydrogen-bond donors (Lipinski definition) is 1. The smallest absolute Gasteiger partial charge is 0.233 e. The highest BCUT2D eigenvalue weighted by Crippen LogP contribution is 2.38. The number of thioether (sulfide) groups is 1. The third-order valence-electron chi connectivity index (χ3n) is 2.95. The van der Waals surface area contributed by atoms with Crippen molar-refractivity contribution in [2.45, 2.75) is 18.7 Å². The van der Waals surface area contributed by atoms with Gasteiger partial charge >= 0.3 is 0 Å². The standard InChI is InChI=1S/C14H15N3O2S/c1-10(18)16-12-5-3-11(4-6-12)14-17(8-2-7-15)13(19)9-20-14/h3-6,14H,2,8-9H2,1H3,(H,16,18). The van der Waals surface area contributed by atoms with Crippen LogP contribution in [0.2, 0.25) is 0 Å². The molecule has 0 aromatic heterocycles. The Kier molecular flexibility index (Phi) is 4.64. The summed E-state index contributed by atoms with van der Waals surface area (Å²) in [5.74, 6) is 0.406. The van der Waals surface area contributed by atoms with E-state index in [0.29, 0.717) is 18.7 Å². The highest BCUT2D eigenvalue weighted by atomic mass is 32.2. The van der Waals surface area contributed by atoms with Crippen LogP contribution in [0, 0.1) is 11.3 Å². The highest BCUT2D eigenvalue weighted by Gasteiger charge is 2.32. The predicted octanol–water partition coefficient (Wildman–Crippen LogP) is 2.13. The lowest BCUT2D eigenvalue weighted by atomic mass is 10.2. The van der Waals surface area contributed by atoms with E-state index in [4.69, 9.17) is 5.26 Å². The van der Waals surface area contributed by atoms with Crippen LogP contribution in [0.1, 0.15) is 24.3 Å². The first kappa shape index (κ1) is 14.4. The molecule has 1 aliphatic heterocycles. The molecule has 1 aromatic carbocycles. The predicted molar refractivity (Wildman–Crippen MR) is 77.9 cm³/mol. The first-order chi connectivity index (χ1) is 9.61. The summed E-state index contributed by atoms with van der Waals surface area (Å²) < 4.78 is 0. The van der Waals surface area contributed by atoms with E-state index < -0.39 is 0 Å². The first-order valence-electron chi connectivity index (χ1n) is 6.27. The van der Waals surface area contributed by atoms with E-state index in [-0.39, 0.29) is 17.2 Å². The molecule has 0 saturated carbocycles. The molecule has 0 radical (unpaired) electrons. The molecule has 5 nitrogen and oxygen atoms in total. The monoisotopic (exact) mass is 289 g/mol. The molecule has 1 saturated heterocycles. The number of anilines is 1. The summed E-state index contributed by atoms with van der Waals surface area (Å²) in [6.07, 6.45) is 0.340. The summed E-state index contributed by atoms with van der Waals surface area (Å²) >= 11 is 1.56. The zero-order valence-corrected chi connectivity index (χ0v) is 11.9. The van der Waals surface area contributed by atoms with E-state index in [1.54, 1.807) is 16.7 Å². The van der Waals surface area contributed by atoms with Gasteiger partial charge in [-0.25, -0.2) is 0 Å². The summed E-state index contributed by atoms with van der Waals surface area (Å²) in [5, 5.41) is 11.3. The minimum atomic E-state index is -0.112. The molecule has 0 aliphatic carbocycles. The lowest BCUT2D eigenvalue weighted by molar-refractivity contribution is -0.128. The number of nitrogens with one attached hydrogen (secondary N) is 1. The Bertz CT molecular complexity index is 551. The average Bonchev–Trinajstić information content (AvgIpc) is 2.78. The van der Waals surface area contributed by atoms with Crippen molar-refractivity contribution in [1.82, 2.24) is 4.90 Å². The Labute approximate surface area is 121 Å². The Balaban J connectivity index is 2.11. The van der Waals surface area contributed by atoms with Gasteiger partial charge in [0.25, 0.3) is 0 Å². The molecule has 1 fully saturated rings. The SMILES string of the molecule is CC(=O)Nc1ccc(C2SCC(=O)N2CCC#N)cc1. The molecule has 2 amide bonds. The lowest BCUT2D eigenvalue weighted by Crippen LogP contribution is -2.29. The van der Waals surface area contributed by atoms with Crippen molar-refractivity contribution in [2.75, 3.05) is 17.6 Å². The third-order valence-corrected chi connectivity index (χ3v) is 4.20. The van der Waals surface area contributed by atoms with Crippen LogP contribution in [-0.2, 0) is 9.59 Å². The van der Waals surface area contributed by atoms with Gasteiger partial charge in [0.2, 0.25) is 11.8 Å². The van der Waals surface area contributed by atoms with Crippen LogP contribution in [0.25, 0.3) is 0 Å². The minimum Gasteiger partial charge on any atom is -0.326 e. The van der Waals surface area contributed by atoms with E-state index >= 15 is 0 Å². The lowest BCUT2D eigenvalue weighted by Gasteiger charge is -2.23. The Morgan fingerprint density at radius 1 is 1.50 bits per heavy atom. The number of amides is 2. The fourth-order valence-corrected chi connectivity index (χ4v) is 3.30. The molecule has 1 aliphatic rings. The van der Waals surface area contributed by atoms with E-state index in [9.17, 15) is 9.59 Å². The number of carbonyl (C=O) groups is 2. The number of nitriles is 1. The summed E-state index contributed by atoms with van der Waals surface area (Å²) in [7, 11) is 0. The van der Waals surface area contributed by atoms with Gasteiger partial charge in [-0.2, -0.15) is 5.26 Å². The van der Waals surface area contributed by atoms with Crippen LogP contribution >= 0.6 is 11.8 Å². The van der Waals surface area contributed by atoms with Crippen molar-refractivity contribution in [1.29, 1.82) is 5.26 Å². The number of hydrogen-bond acceptors (Lipinski definition) is 4. The van der Waals surface area contributed by atoms with Gasteiger partial charge in [0.1, 0.15) is 5.37 Å². The molecule has 2 rings (SSSR count). The minimum absolute atomic E-state index is 0.0396. The number of rotatable bonds is 4. The molecule has 104 valence electrons. The third kappa shape index (κ3) is 3.31. The Hall–Kier alpha value is -2.00. The van der Waals surface area contributed by atoms with Crippen molar-refractivity contribution in [3.05, 3.63) is 29.8 Å². The van der Waals surface area contributed by atoms with Gasteiger partial charge in [0.15, 0.2) is 0 Å². The topological polar surface area (TPSA) is 73.2 Å². The maximum Gasteiger partial charge on any atom is 0.233 e. The molecule has 0 spiro atoms. The number of nitrogens with zero attached hydrogens (tertiary/aromatic N) is 2. The molecular weight excluding hydrogens is 274 g/mol. The van der Waals surface area contributed by atoms with Crippen molar-refractivity contribution in [2.24, 2.45) is 0 Å². The largest absolute Gasteiger partial charge is 0.326 e. The number of benzene rings is 1. The van der Waals surface area contributed by atoms with Gasteiger partial charge in [0.05, 0.1) is 18.2 Å². The van der Waals surface area contributed by atoms with Crippen LogP contribution in [0.15, 0.2) is 24.3 Å². The second kappa shape index (κ2) is 6.44. The fraction of sp³-hybridized carbons (Fsp3) is 0.357. The van der Waals surface area contributed by atoms with Gasteiger partial charge in [-0.15, -0.1) is 11.8 Å². The second-order valence-corrected chi connectivity index (χ2v) is 5.53. The van der Waals surface area contributed by atoms with Crippen LogP contribution < -0.4 is 5.32 Å².